The van der Waals surface area contributed by atoms with E-state index in [1.54, 1.807) is 12.1 Å². The lowest BCUT2D eigenvalue weighted by atomic mass is 10.1. The van der Waals surface area contributed by atoms with E-state index in [-0.39, 0.29) is 16.9 Å². The van der Waals surface area contributed by atoms with Gasteiger partial charge in [0.25, 0.3) is 0 Å². The molecule has 3 aromatic carbocycles. The summed E-state index contributed by atoms with van der Waals surface area (Å²) in [5.74, 6) is 0.0739. The van der Waals surface area contributed by atoms with Crippen molar-refractivity contribution in [3.05, 3.63) is 88.4 Å². The van der Waals surface area contributed by atoms with Crippen molar-refractivity contribution in [1.82, 2.24) is 0 Å². The fourth-order valence-corrected chi connectivity index (χ4v) is 4.04. The van der Waals surface area contributed by atoms with Crippen molar-refractivity contribution in [3.8, 4) is 5.75 Å². The van der Waals surface area contributed by atoms with E-state index in [1.807, 2.05) is 36.4 Å². The highest BCUT2D eigenvalue weighted by atomic mass is 35.5. The van der Waals surface area contributed by atoms with E-state index >= 15 is 0 Å². The first-order valence-corrected chi connectivity index (χ1v) is 9.22. The number of aromatic hydroxyl groups is 1. The van der Waals surface area contributed by atoms with Gasteiger partial charge in [0.1, 0.15) is 11.9 Å². The highest BCUT2D eigenvalue weighted by molar-refractivity contribution is 6.35. The third-order valence-corrected chi connectivity index (χ3v) is 5.19. The Kier molecular flexibility index (Phi) is 4.66. The van der Waals surface area contributed by atoms with E-state index in [2.05, 4.69) is 34.1 Å². The first-order valence-electron chi connectivity index (χ1n) is 8.46. The van der Waals surface area contributed by atoms with Gasteiger partial charge in [-0.2, -0.15) is 0 Å². The highest BCUT2D eigenvalue weighted by Crippen LogP contribution is 2.43. The fourth-order valence-electron chi connectivity index (χ4n) is 3.53. The Labute approximate surface area is 163 Å². The predicted molar refractivity (Wildman–Crippen MR) is 108 cm³/mol. The van der Waals surface area contributed by atoms with Crippen LogP contribution < -0.4 is 9.80 Å². The number of benzene rings is 3. The van der Waals surface area contributed by atoms with Gasteiger partial charge in [0.15, 0.2) is 0 Å². The molecule has 0 aliphatic carbocycles. The van der Waals surface area contributed by atoms with Gasteiger partial charge in [-0.05, 0) is 36.4 Å². The van der Waals surface area contributed by atoms with Gasteiger partial charge in [-0.3, -0.25) is 0 Å². The van der Waals surface area contributed by atoms with Gasteiger partial charge in [-0.1, -0.05) is 59.6 Å². The van der Waals surface area contributed by atoms with Crippen LogP contribution >= 0.6 is 23.2 Å². The molecule has 1 N–H and O–H groups in total. The Morgan fingerprint density at radius 1 is 0.769 bits per heavy atom. The predicted octanol–water partition coefficient (Wildman–Crippen LogP) is 5.72. The zero-order valence-corrected chi connectivity index (χ0v) is 15.5. The molecule has 0 saturated carbocycles. The first kappa shape index (κ1) is 17.1. The molecule has 3 aromatic rings. The molecule has 1 aliphatic rings. The number of halogens is 2. The minimum atomic E-state index is -0.198. The monoisotopic (exact) mass is 384 g/mol. The smallest absolute Gasteiger partial charge is 0.141 e. The highest BCUT2D eigenvalue weighted by Gasteiger charge is 2.36. The van der Waals surface area contributed by atoms with Gasteiger partial charge in [-0.15, -0.1) is 0 Å². The van der Waals surface area contributed by atoms with Crippen LogP contribution in [0, 0.1) is 0 Å². The van der Waals surface area contributed by atoms with Crippen molar-refractivity contribution in [2.45, 2.75) is 6.17 Å². The summed E-state index contributed by atoms with van der Waals surface area (Å²) >= 11 is 12.5. The second-order valence-electron chi connectivity index (χ2n) is 6.26. The summed E-state index contributed by atoms with van der Waals surface area (Å²) in [5, 5.41) is 11.4. The minimum Gasteiger partial charge on any atom is -0.506 e. The summed E-state index contributed by atoms with van der Waals surface area (Å²) in [5.41, 5.74) is 2.88. The number of phenolic OH excluding ortho intramolecular Hbond substituents is 1. The Balaban J connectivity index is 1.85. The quantitative estimate of drug-likeness (QED) is 0.624. The minimum absolute atomic E-state index is 0.0739. The molecule has 0 atom stereocenters. The lowest BCUT2D eigenvalue weighted by Crippen LogP contribution is -2.31. The van der Waals surface area contributed by atoms with Gasteiger partial charge in [-0.25, -0.2) is 0 Å². The second kappa shape index (κ2) is 7.10. The van der Waals surface area contributed by atoms with Crippen molar-refractivity contribution in [3.63, 3.8) is 0 Å². The molecule has 4 rings (SSSR count). The van der Waals surface area contributed by atoms with E-state index in [0.717, 1.165) is 24.5 Å². The molecule has 26 heavy (non-hydrogen) atoms. The van der Waals surface area contributed by atoms with Crippen LogP contribution in [-0.2, 0) is 0 Å². The molecule has 0 amide bonds. The molecule has 5 heteroatoms. The average Bonchev–Trinajstić information content (AvgIpc) is 3.11. The van der Waals surface area contributed by atoms with Crippen molar-refractivity contribution in [2.24, 2.45) is 0 Å². The molecule has 3 nitrogen and oxygen atoms in total. The summed E-state index contributed by atoms with van der Waals surface area (Å²) in [6, 6.07) is 23.7. The molecular formula is C21H18Cl2N2O. The molecule has 0 spiro atoms. The van der Waals surface area contributed by atoms with Gasteiger partial charge < -0.3 is 14.9 Å². The molecule has 1 saturated heterocycles. The molecule has 1 heterocycles. The van der Waals surface area contributed by atoms with E-state index in [4.69, 9.17) is 23.2 Å². The maximum absolute atomic E-state index is 10.7. The summed E-state index contributed by atoms with van der Waals surface area (Å²) < 4.78 is 0. The maximum Gasteiger partial charge on any atom is 0.141 e. The number of anilines is 2. The van der Waals surface area contributed by atoms with Crippen LogP contribution in [0.4, 0.5) is 11.4 Å². The van der Waals surface area contributed by atoms with Crippen molar-refractivity contribution in [2.75, 3.05) is 22.9 Å². The normalized spacial score (nSPS) is 14.8. The van der Waals surface area contributed by atoms with Crippen LogP contribution in [0.5, 0.6) is 5.75 Å². The lowest BCUT2D eigenvalue weighted by Gasteiger charge is -2.33. The average molecular weight is 385 g/mol. The summed E-state index contributed by atoms with van der Waals surface area (Å²) in [6.07, 6.45) is -0.198. The Morgan fingerprint density at radius 2 is 1.27 bits per heavy atom. The number of hydrogen-bond donors (Lipinski definition) is 1. The third kappa shape index (κ3) is 3.09. The SMILES string of the molecule is Oc1c(Cl)cc(Cl)cc1C1N(c2ccccc2)CCN1c1ccccc1. The zero-order valence-electron chi connectivity index (χ0n) is 14.0. The number of para-hydroxylation sites is 2. The fraction of sp³-hybridized carbons (Fsp3) is 0.143. The van der Waals surface area contributed by atoms with Crippen LogP contribution in [0.2, 0.25) is 10.0 Å². The van der Waals surface area contributed by atoms with Gasteiger partial charge in [0, 0.05) is 35.1 Å². The lowest BCUT2D eigenvalue weighted by molar-refractivity contribution is 0.461. The summed E-state index contributed by atoms with van der Waals surface area (Å²) in [6.45, 7) is 1.65. The van der Waals surface area contributed by atoms with Crippen LogP contribution in [0.1, 0.15) is 11.7 Å². The molecule has 0 radical (unpaired) electrons. The molecule has 1 fully saturated rings. The van der Waals surface area contributed by atoms with Crippen LogP contribution in [0.3, 0.4) is 0 Å². The van der Waals surface area contributed by atoms with Gasteiger partial charge >= 0.3 is 0 Å². The molecule has 0 aromatic heterocycles. The van der Waals surface area contributed by atoms with Crippen LogP contribution in [0.15, 0.2) is 72.8 Å². The standard InChI is InChI=1S/C21H18Cl2N2O/c22-15-13-18(20(26)19(23)14-15)21-24(16-7-3-1-4-8-16)11-12-25(21)17-9-5-2-6-10-17/h1-10,13-14,21,26H,11-12H2. The van der Waals surface area contributed by atoms with E-state index in [1.165, 1.54) is 0 Å². The number of rotatable bonds is 3. The molecule has 1 aliphatic heterocycles. The number of phenols is 1. The van der Waals surface area contributed by atoms with Crippen molar-refractivity contribution >= 4 is 34.6 Å². The number of nitrogens with zero attached hydrogens (tertiary/aromatic N) is 2. The molecule has 132 valence electrons. The van der Waals surface area contributed by atoms with Crippen LogP contribution in [-0.4, -0.2) is 18.2 Å². The Morgan fingerprint density at radius 3 is 1.77 bits per heavy atom. The summed E-state index contributed by atoms with van der Waals surface area (Å²) in [4.78, 5) is 4.52. The van der Waals surface area contributed by atoms with Gasteiger partial charge in [0.05, 0.1) is 5.02 Å². The van der Waals surface area contributed by atoms with Gasteiger partial charge in [0.2, 0.25) is 0 Å². The van der Waals surface area contributed by atoms with E-state index < -0.39 is 0 Å². The zero-order chi connectivity index (χ0) is 18.1. The molecular weight excluding hydrogens is 367 g/mol. The maximum atomic E-state index is 10.7. The topological polar surface area (TPSA) is 26.7 Å². The first-order chi connectivity index (χ1) is 12.6. The number of hydrogen-bond acceptors (Lipinski definition) is 3. The van der Waals surface area contributed by atoms with Crippen molar-refractivity contribution in [1.29, 1.82) is 0 Å². The Bertz CT molecular complexity index is 855. The van der Waals surface area contributed by atoms with E-state index in [0.29, 0.717) is 10.6 Å². The molecule has 0 bridgehead atoms. The molecule has 0 unspecified atom stereocenters. The van der Waals surface area contributed by atoms with E-state index in [9.17, 15) is 5.11 Å². The summed E-state index contributed by atoms with van der Waals surface area (Å²) in [7, 11) is 0. The van der Waals surface area contributed by atoms with Crippen LogP contribution in [0.25, 0.3) is 0 Å². The Hall–Kier alpha value is -2.36. The second-order valence-corrected chi connectivity index (χ2v) is 7.10. The van der Waals surface area contributed by atoms with Crippen molar-refractivity contribution < 1.29 is 5.11 Å². The largest absolute Gasteiger partial charge is 0.506 e. The third-order valence-electron chi connectivity index (χ3n) is 4.68.